The molecular formula is C73H142N4Na2O17P2. The molecule has 4 N–H and O–H groups in total. The number of ether oxygens (including phenoxy) is 4. The van der Waals surface area contributed by atoms with Crippen molar-refractivity contribution in [3.8, 4) is 0 Å². The monoisotopic (exact) mass is 1450 g/mol. The quantitative estimate of drug-likeness (QED) is 0.0190. The number of unbranched alkanes of at least 4 members (excludes halogenated alkanes) is 36. The average Bonchev–Trinajstić information content (AvgIpc) is 1.76. The van der Waals surface area contributed by atoms with E-state index in [4.69, 9.17) is 37.0 Å². The van der Waals surface area contributed by atoms with Gasteiger partial charge >= 0.3 is 77.1 Å². The maximum absolute atomic E-state index is 13.2. The van der Waals surface area contributed by atoms with Gasteiger partial charge in [-0.3, -0.25) is 28.3 Å². The molecule has 568 valence electrons. The number of phosphoric ester groups is 2. The Morgan fingerprint density at radius 3 is 0.949 bits per heavy atom. The zero-order valence-electron chi connectivity index (χ0n) is 63.7. The van der Waals surface area contributed by atoms with Crippen LogP contribution in [0.4, 0.5) is 4.79 Å². The first kappa shape index (κ1) is 101. The van der Waals surface area contributed by atoms with E-state index < -0.39 is 60.2 Å². The minimum atomic E-state index is -4.95. The molecule has 0 radical (unpaired) electrons. The van der Waals surface area contributed by atoms with Crippen molar-refractivity contribution < 1.29 is 139 Å². The summed E-state index contributed by atoms with van der Waals surface area (Å²) in [7, 11) is -9.89. The second-order valence-corrected chi connectivity index (χ2v) is 29.3. The third-order valence-electron chi connectivity index (χ3n) is 17.1. The summed E-state index contributed by atoms with van der Waals surface area (Å²) in [6.07, 6.45) is 48.6. The summed E-state index contributed by atoms with van der Waals surface area (Å²) >= 11 is 0. The van der Waals surface area contributed by atoms with Crippen molar-refractivity contribution in [2.45, 2.75) is 374 Å². The molecule has 6 atom stereocenters. The van der Waals surface area contributed by atoms with Crippen LogP contribution < -0.4 is 90.2 Å². The number of phosphoric acid groups is 2. The van der Waals surface area contributed by atoms with Gasteiger partial charge < -0.3 is 68.1 Å². The van der Waals surface area contributed by atoms with Crippen molar-refractivity contribution in [1.29, 1.82) is 0 Å². The zero-order chi connectivity index (χ0) is 70.7. The van der Waals surface area contributed by atoms with E-state index in [2.05, 4.69) is 55.9 Å². The van der Waals surface area contributed by atoms with E-state index in [1.807, 2.05) is 0 Å². The molecule has 0 aliphatic rings. The SMILES string of the molecule is CCCCCCCCCCCCCC(=O)N[C@H](COCC[C@@H](CCCCCCC)OC(C)=O)COP(=O)([O-])OCCNC(=O)NCCOP(=O)([O-])OC[C@@H](COCC[C@@H](CCCCCCC)OC(=O)CCCCCCCCCCC)NC(=O)CCCCCCCCCCCCC.[Na+].[Na+]. The fourth-order valence-corrected chi connectivity index (χ4v) is 12.8. The van der Waals surface area contributed by atoms with Gasteiger partial charge in [-0.15, -0.1) is 0 Å². The normalized spacial score (nSPS) is 13.8. The minimum absolute atomic E-state index is 0. The third-order valence-corrected chi connectivity index (χ3v) is 19.0. The van der Waals surface area contributed by atoms with Gasteiger partial charge in [0.15, 0.2) is 0 Å². The molecular weight excluding hydrogens is 1310 g/mol. The number of hydrogen-bond donors (Lipinski definition) is 4. The Morgan fingerprint density at radius 1 is 0.347 bits per heavy atom. The maximum Gasteiger partial charge on any atom is 1.00 e. The molecule has 0 aliphatic carbocycles. The van der Waals surface area contributed by atoms with Gasteiger partial charge in [-0.1, -0.05) is 266 Å². The van der Waals surface area contributed by atoms with E-state index >= 15 is 0 Å². The van der Waals surface area contributed by atoms with Gasteiger partial charge in [0, 0.05) is 52.1 Å². The molecule has 21 nitrogen and oxygen atoms in total. The van der Waals surface area contributed by atoms with Gasteiger partial charge in [-0.05, 0) is 44.9 Å². The van der Waals surface area contributed by atoms with E-state index in [0.717, 1.165) is 122 Å². The molecule has 98 heavy (non-hydrogen) atoms. The molecule has 0 bridgehead atoms. The predicted molar refractivity (Wildman–Crippen MR) is 381 cm³/mol. The first-order valence-corrected chi connectivity index (χ1v) is 41.7. The number of rotatable bonds is 74. The molecule has 0 saturated carbocycles. The van der Waals surface area contributed by atoms with Gasteiger partial charge in [0.05, 0.1) is 64.9 Å². The number of amides is 4. The van der Waals surface area contributed by atoms with Crippen molar-refractivity contribution in [2.24, 2.45) is 0 Å². The fourth-order valence-electron chi connectivity index (χ4n) is 11.3. The Bertz CT molecular complexity index is 1940. The van der Waals surface area contributed by atoms with E-state index in [0.29, 0.717) is 44.9 Å². The number of esters is 2. The van der Waals surface area contributed by atoms with Crippen LogP contribution in [0.5, 0.6) is 0 Å². The number of carbonyl (C=O) groups excluding carboxylic acids is 5. The maximum atomic E-state index is 13.2. The molecule has 0 aromatic heterocycles. The molecule has 0 aliphatic heterocycles. The van der Waals surface area contributed by atoms with Crippen LogP contribution in [0, 0.1) is 0 Å². The number of nitrogens with one attached hydrogen (secondary N) is 4. The Kier molecular flexibility index (Phi) is 77.2. The number of carbonyl (C=O) groups is 5. The van der Waals surface area contributed by atoms with Crippen LogP contribution in [0.2, 0.25) is 0 Å². The van der Waals surface area contributed by atoms with Gasteiger partial charge in [0.1, 0.15) is 12.2 Å². The summed E-state index contributed by atoms with van der Waals surface area (Å²) < 4.78 is 69.8. The van der Waals surface area contributed by atoms with Crippen LogP contribution in [0.3, 0.4) is 0 Å². The zero-order valence-corrected chi connectivity index (χ0v) is 69.4. The van der Waals surface area contributed by atoms with Crippen LogP contribution in [-0.2, 0) is 65.4 Å². The molecule has 25 heteroatoms. The molecule has 0 fully saturated rings. The topological polar surface area (TPSA) is 288 Å². The van der Waals surface area contributed by atoms with Crippen molar-refractivity contribution in [1.82, 2.24) is 21.3 Å². The van der Waals surface area contributed by atoms with E-state index in [-0.39, 0.29) is 147 Å². The molecule has 2 unspecified atom stereocenters. The Hall–Kier alpha value is -0.710. The number of urea groups is 1. The summed E-state index contributed by atoms with van der Waals surface area (Å²) in [6, 6.07) is -2.45. The average molecular weight is 1460 g/mol. The number of hydrogen-bond acceptors (Lipinski definition) is 17. The summed E-state index contributed by atoms with van der Waals surface area (Å²) in [6.45, 7) is 10.2. The van der Waals surface area contributed by atoms with Crippen LogP contribution in [-0.4, -0.2) is 120 Å². The van der Waals surface area contributed by atoms with Gasteiger partial charge in [-0.25, -0.2) is 4.79 Å². The van der Waals surface area contributed by atoms with Gasteiger partial charge in [0.2, 0.25) is 11.8 Å². The summed E-state index contributed by atoms with van der Waals surface area (Å²) in [5.41, 5.74) is 0. The van der Waals surface area contributed by atoms with Crippen LogP contribution in [0.15, 0.2) is 0 Å². The molecule has 0 rings (SSSR count). The predicted octanol–water partition coefficient (Wildman–Crippen LogP) is 11.0. The largest absolute Gasteiger partial charge is 1.00 e. The molecule has 0 aromatic rings. The van der Waals surface area contributed by atoms with E-state index in [9.17, 15) is 42.9 Å². The van der Waals surface area contributed by atoms with E-state index in [1.54, 1.807) is 0 Å². The summed E-state index contributed by atoms with van der Waals surface area (Å²) in [5.74, 6) is -1.10. The van der Waals surface area contributed by atoms with Crippen molar-refractivity contribution in [2.75, 3.05) is 65.9 Å². The van der Waals surface area contributed by atoms with Gasteiger partial charge in [0.25, 0.3) is 15.6 Å². The van der Waals surface area contributed by atoms with E-state index in [1.165, 1.54) is 135 Å². The first-order valence-electron chi connectivity index (χ1n) is 38.8. The second kappa shape index (κ2) is 74.6. The molecule has 0 saturated heterocycles. The summed E-state index contributed by atoms with van der Waals surface area (Å²) in [5, 5.41) is 10.6. The van der Waals surface area contributed by atoms with Crippen LogP contribution >= 0.6 is 15.6 Å². The van der Waals surface area contributed by atoms with Crippen LogP contribution in [0.25, 0.3) is 0 Å². The Labute approximate surface area is 640 Å². The third kappa shape index (κ3) is 72.2. The first-order chi connectivity index (χ1) is 46.5. The standard InChI is InChI=1S/C73H144N4O17P2.2Na/c1-7-12-17-22-25-28-30-33-35-40-45-50-70(79)76-66(61-87-57-53-68(93-65(6)78)48-43-38-20-15-10-4)63-91-95(83,84)89-59-55-74-73(82)75-56-60-90-96(85,86)92-64-67(77-71(80)51-46-41-36-34-31-29-26-23-18-13-8-2)62-88-58-54-69(49-44-39-21-16-11-5)94-72(81)52-47-42-37-32-27-24-19-14-9-3;;/h66-69H,7-64H2,1-6H3,(H,76,79)(H,77,80)(H,83,84)(H,85,86)(H2,74,75,82);;/q;2*+1/p-2/t66-,67-,68-,69-;;/m1../s1. The van der Waals surface area contributed by atoms with Crippen LogP contribution in [0.1, 0.15) is 350 Å². The fraction of sp³-hybridized carbons (Fsp3) is 0.932. The van der Waals surface area contributed by atoms with Crippen molar-refractivity contribution >= 4 is 45.4 Å². The van der Waals surface area contributed by atoms with Gasteiger partial charge in [-0.2, -0.15) is 0 Å². The molecule has 0 heterocycles. The minimum Gasteiger partial charge on any atom is -0.756 e. The van der Waals surface area contributed by atoms with Crippen molar-refractivity contribution in [3.05, 3.63) is 0 Å². The molecule has 0 aromatic carbocycles. The Balaban J connectivity index is -0.0000451. The second-order valence-electron chi connectivity index (χ2n) is 26.5. The molecule has 0 spiro atoms. The van der Waals surface area contributed by atoms with Crippen molar-refractivity contribution in [3.63, 3.8) is 0 Å². The Morgan fingerprint density at radius 2 is 0.633 bits per heavy atom. The summed E-state index contributed by atoms with van der Waals surface area (Å²) in [4.78, 5) is 89.6. The smallest absolute Gasteiger partial charge is 0.756 e. The molecule has 4 amide bonds.